The van der Waals surface area contributed by atoms with Crippen LogP contribution in [0.3, 0.4) is 0 Å². The Labute approximate surface area is 83.7 Å². The molecule has 0 atom stereocenters. The fourth-order valence-corrected chi connectivity index (χ4v) is 3.68. The van der Waals surface area contributed by atoms with Gasteiger partial charge in [-0.15, -0.1) is 0 Å². The molecule has 0 aromatic heterocycles. The van der Waals surface area contributed by atoms with Gasteiger partial charge < -0.3 is 0 Å². The quantitative estimate of drug-likeness (QED) is 0.572. The maximum absolute atomic E-state index is 2.45. The van der Waals surface area contributed by atoms with E-state index < -0.39 is 8.07 Å². The number of allylic oxidation sites excluding steroid dienone is 4. The van der Waals surface area contributed by atoms with Crippen molar-refractivity contribution in [2.75, 3.05) is 0 Å². The highest BCUT2D eigenvalue weighted by Gasteiger charge is 2.21. The first-order chi connectivity index (χ1) is 5.81. The van der Waals surface area contributed by atoms with Crippen LogP contribution in [0, 0.1) is 0 Å². The zero-order chi connectivity index (χ0) is 10.2. The van der Waals surface area contributed by atoms with E-state index in [-0.39, 0.29) is 0 Å². The van der Waals surface area contributed by atoms with Crippen LogP contribution >= 0.6 is 0 Å². The molecule has 0 saturated heterocycles. The van der Waals surface area contributed by atoms with Crippen molar-refractivity contribution in [1.82, 2.24) is 0 Å². The molecule has 0 bridgehead atoms. The van der Waals surface area contributed by atoms with E-state index in [1.54, 1.807) is 22.3 Å². The molecule has 0 aromatic carbocycles. The summed E-state index contributed by atoms with van der Waals surface area (Å²) in [7, 11) is -0.908. The Hall–Kier alpha value is -0.303. The zero-order valence-corrected chi connectivity index (χ0v) is 10.9. The van der Waals surface area contributed by atoms with E-state index in [1.165, 1.54) is 12.5 Å². The molecule has 0 aromatic rings. The van der Waals surface area contributed by atoms with Crippen molar-refractivity contribution < 1.29 is 0 Å². The maximum Gasteiger partial charge on any atom is 0.0483 e. The number of rotatable bonds is 2. The van der Waals surface area contributed by atoms with Gasteiger partial charge in [0.15, 0.2) is 0 Å². The molecule has 1 aliphatic rings. The molecular weight excluding hydrogens is 172 g/mol. The summed E-state index contributed by atoms with van der Waals surface area (Å²) in [6, 6.07) is 1.38. The van der Waals surface area contributed by atoms with Crippen LogP contribution in [0.15, 0.2) is 22.3 Å². The molecule has 0 aliphatic heterocycles. The summed E-state index contributed by atoms with van der Waals surface area (Å²) >= 11 is 0. The topological polar surface area (TPSA) is 0 Å². The van der Waals surface area contributed by atoms with E-state index in [9.17, 15) is 0 Å². The minimum Gasteiger partial charge on any atom is -0.0693 e. The minimum absolute atomic E-state index is 0.908. The van der Waals surface area contributed by atoms with Crippen LogP contribution in [-0.2, 0) is 0 Å². The molecule has 13 heavy (non-hydrogen) atoms. The summed E-state index contributed by atoms with van der Waals surface area (Å²) in [5, 5.41) is 0. The second kappa shape index (κ2) is 3.45. The van der Waals surface area contributed by atoms with E-state index in [4.69, 9.17) is 0 Å². The van der Waals surface area contributed by atoms with Crippen molar-refractivity contribution in [3.63, 3.8) is 0 Å². The minimum atomic E-state index is -0.908. The Kier molecular flexibility index (Phi) is 2.86. The lowest BCUT2D eigenvalue weighted by Gasteiger charge is -2.17. The first kappa shape index (κ1) is 10.8. The summed E-state index contributed by atoms with van der Waals surface area (Å²) in [6.07, 6.45) is 1.25. The van der Waals surface area contributed by atoms with E-state index >= 15 is 0 Å². The first-order valence-electron chi connectivity index (χ1n) is 5.16. The average molecular weight is 194 g/mol. The highest BCUT2D eigenvalue weighted by atomic mass is 28.3. The Morgan fingerprint density at radius 1 is 1.00 bits per heavy atom. The lowest BCUT2D eigenvalue weighted by atomic mass is 10.1. The van der Waals surface area contributed by atoms with Gasteiger partial charge >= 0.3 is 0 Å². The molecule has 74 valence electrons. The van der Waals surface area contributed by atoms with Crippen LogP contribution in [0.4, 0.5) is 0 Å². The Bertz CT molecular complexity index is 274. The fraction of sp³-hybridized carbons (Fsp3) is 0.667. The molecule has 0 heterocycles. The molecule has 0 saturated carbocycles. The van der Waals surface area contributed by atoms with E-state index in [1.807, 2.05) is 0 Å². The van der Waals surface area contributed by atoms with Crippen LogP contribution in [0.2, 0.25) is 25.7 Å². The number of hydrogen-bond donors (Lipinski definition) is 0. The molecule has 1 rings (SSSR count). The van der Waals surface area contributed by atoms with Gasteiger partial charge in [0.05, 0.1) is 0 Å². The highest BCUT2D eigenvalue weighted by Crippen LogP contribution is 2.35. The SMILES string of the molecule is CC1=C(C)C(C)=C(C[Si](C)(C)C)C1. The molecule has 0 radical (unpaired) electrons. The van der Waals surface area contributed by atoms with Crippen LogP contribution in [0.5, 0.6) is 0 Å². The predicted octanol–water partition coefficient (Wildman–Crippen LogP) is 4.38. The van der Waals surface area contributed by atoms with Gasteiger partial charge in [0.2, 0.25) is 0 Å². The first-order valence-corrected chi connectivity index (χ1v) is 8.87. The van der Waals surface area contributed by atoms with Gasteiger partial charge in [-0.2, -0.15) is 0 Å². The third kappa shape index (κ3) is 2.57. The van der Waals surface area contributed by atoms with Crippen LogP contribution in [0.25, 0.3) is 0 Å². The monoisotopic (exact) mass is 194 g/mol. The number of hydrogen-bond acceptors (Lipinski definition) is 0. The molecule has 0 fully saturated rings. The largest absolute Gasteiger partial charge is 0.0693 e. The van der Waals surface area contributed by atoms with Crippen molar-refractivity contribution in [1.29, 1.82) is 0 Å². The van der Waals surface area contributed by atoms with Crippen molar-refractivity contribution in [3.8, 4) is 0 Å². The smallest absolute Gasteiger partial charge is 0.0483 e. The molecule has 0 spiro atoms. The fourth-order valence-electron chi connectivity index (χ4n) is 2.01. The summed E-state index contributed by atoms with van der Waals surface area (Å²) in [5.41, 5.74) is 6.44. The van der Waals surface area contributed by atoms with Crippen LogP contribution in [0.1, 0.15) is 27.2 Å². The summed E-state index contributed by atoms with van der Waals surface area (Å²) in [5.74, 6) is 0. The molecular formula is C12H22Si. The molecule has 1 aliphatic carbocycles. The lowest BCUT2D eigenvalue weighted by molar-refractivity contribution is 1.11. The molecule has 0 N–H and O–H groups in total. The maximum atomic E-state index is 2.45. The Morgan fingerprint density at radius 2 is 1.54 bits per heavy atom. The van der Waals surface area contributed by atoms with Crippen LogP contribution < -0.4 is 0 Å². The zero-order valence-electron chi connectivity index (χ0n) is 9.91. The van der Waals surface area contributed by atoms with Crippen molar-refractivity contribution in [2.24, 2.45) is 0 Å². The third-order valence-electron chi connectivity index (χ3n) is 2.96. The summed E-state index contributed by atoms with van der Waals surface area (Å²) < 4.78 is 0. The predicted molar refractivity (Wildman–Crippen MR) is 63.8 cm³/mol. The van der Waals surface area contributed by atoms with Gasteiger partial charge in [0.1, 0.15) is 0 Å². The second-order valence-electron chi connectivity index (χ2n) is 5.55. The normalized spacial score (nSPS) is 18.9. The average Bonchev–Trinajstić information content (AvgIpc) is 2.15. The lowest BCUT2D eigenvalue weighted by Crippen LogP contribution is -2.19. The van der Waals surface area contributed by atoms with Gasteiger partial charge in [-0.1, -0.05) is 30.8 Å². The molecule has 0 nitrogen and oxygen atoms in total. The van der Waals surface area contributed by atoms with Gasteiger partial charge in [0, 0.05) is 8.07 Å². The van der Waals surface area contributed by atoms with Gasteiger partial charge in [-0.25, -0.2) is 0 Å². The standard InChI is InChI=1S/C12H22Si/c1-9-7-12(8-13(4,5)6)11(3)10(9)2/h7-8H2,1-6H3. The highest BCUT2D eigenvalue weighted by molar-refractivity contribution is 6.76. The van der Waals surface area contributed by atoms with Crippen molar-refractivity contribution in [3.05, 3.63) is 22.3 Å². The Balaban J connectivity index is 2.78. The summed E-state index contributed by atoms with van der Waals surface area (Å²) in [4.78, 5) is 0. The van der Waals surface area contributed by atoms with Crippen molar-refractivity contribution in [2.45, 2.75) is 52.9 Å². The van der Waals surface area contributed by atoms with Gasteiger partial charge in [-0.3, -0.25) is 0 Å². The van der Waals surface area contributed by atoms with E-state index in [0.29, 0.717) is 0 Å². The Morgan fingerprint density at radius 3 is 1.85 bits per heavy atom. The summed E-state index contributed by atoms with van der Waals surface area (Å²) in [6.45, 7) is 14.2. The molecule has 1 heteroatoms. The third-order valence-corrected chi connectivity index (χ3v) is 4.44. The molecule has 0 amide bonds. The second-order valence-corrected chi connectivity index (χ2v) is 11.0. The van der Waals surface area contributed by atoms with Gasteiger partial charge in [-0.05, 0) is 44.4 Å². The van der Waals surface area contributed by atoms with Crippen molar-refractivity contribution >= 4 is 8.07 Å². The van der Waals surface area contributed by atoms with Gasteiger partial charge in [0.25, 0.3) is 0 Å². The van der Waals surface area contributed by atoms with E-state index in [2.05, 4.69) is 40.4 Å². The van der Waals surface area contributed by atoms with E-state index in [0.717, 1.165) is 0 Å². The van der Waals surface area contributed by atoms with Crippen LogP contribution in [-0.4, -0.2) is 8.07 Å². The molecule has 0 unspecified atom stereocenters.